The van der Waals surface area contributed by atoms with E-state index in [2.05, 4.69) is 22.1 Å². The molecule has 0 saturated carbocycles. The molecule has 0 aliphatic rings. The summed E-state index contributed by atoms with van der Waals surface area (Å²) in [6.07, 6.45) is 2.77. The number of hydrogen-bond donors (Lipinski definition) is 2. The average Bonchev–Trinajstić information content (AvgIpc) is 3.19. The Balaban J connectivity index is 1.61. The van der Waals surface area contributed by atoms with Crippen molar-refractivity contribution in [2.45, 2.75) is 18.7 Å². The second-order valence-electron chi connectivity index (χ2n) is 4.63. The van der Waals surface area contributed by atoms with Crippen LogP contribution in [0, 0.1) is 0 Å². The van der Waals surface area contributed by atoms with Crippen molar-refractivity contribution in [2.24, 2.45) is 0 Å². The topological polar surface area (TPSA) is 71.3 Å². The minimum atomic E-state index is -0.579. The van der Waals surface area contributed by atoms with E-state index in [1.807, 2.05) is 6.07 Å². The first-order valence-corrected chi connectivity index (χ1v) is 8.91. The molecule has 0 saturated heterocycles. The third-order valence-corrected chi connectivity index (χ3v) is 4.96. The summed E-state index contributed by atoms with van der Waals surface area (Å²) >= 11 is 3.51. The van der Waals surface area contributed by atoms with Crippen molar-refractivity contribution in [3.63, 3.8) is 0 Å². The number of carbonyl (C=O) groups excluding carboxylic acids is 2. The lowest BCUT2D eigenvalue weighted by molar-refractivity contribution is -0.122. The van der Waals surface area contributed by atoms with Crippen molar-refractivity contribution in [3.8, 4) is 0 Å². The Morgan fingerprint density at radius 1 is 1.41 bits per heavy atom. The Kier molecular flexibility index (Phi) is 6.54. The van der Waals surface area contributed by atoms with Crippen molar-refractivity contribution >= 4 is 34.9 Å². The third-order valence-electron chi connectivity index (χ3n) is 2.89. The van der Waals surface area contributed by atoms with Crippen LogP contribution in [-0.2, 0) is 10.5 Å². The van der Waals surface area contributed by atoms with E-state index in [0.29, 0.717) is 12.1 Å². The van der Waals surface area contributed by atoms with E-state index in [-0.39, 0.29) is 11.8 Å². The van der Waals surface area contributed by atoms with Gasteiger partial charge in [-0.15, -0.1) is 11.3 Å². The highest BCUT2D eigenvalue weighted by atomic mass is 32.2. The molecule has 0 unspecified atom stereocenters. The Bertz CT molecular complexity index is 582. The van der Waals surface area contributed by atoms with Crippen molar-refractivity contribution in [2.75, 3.05) is 12.3 Å². The van der Waals surface area contributed by atoms with Crippen LogP contribution in [0.15, 0.2) is 40.5 Å². The highest BCUT2D eigenvalue weighted by Gasteiger charge is 2.16. The van der Waals surface area contributed by atoms with Crippen molar-refractivity contribution in [1.82, 2.24) is 10.6 Å². The van der Waals surface area contributed by atoms with Crippen molar-refractivity contribution in [3.05, 3.63) is 46.5 Å². The summed E-state index contributed by atoms with van der Waals surface area (Å²) in [6.45, 7) is 2.24. The fraction of sp³-hybridized carbons (Fsp3) is 0.333. The van der Waals surface area contributed by atoms with E-state index in [1.54, 1.807) is 36.1 Å². The number of carbonyl (C=O) groups is 2. The molecule has 0 spiro atoms. The van der Waals surface area contributed by atoms with Crippen LogP contribution in [0.5, 0.6) is 0 Å². The van der Waals surface area contributed by atoms with Crippen LogP contribution in [0.2, 0.25) is 0 Å². The number of furan rings is 1. The molecular weight excluding hydrogens is 320 g/mol. The summed E-state index contributed by atoms with van der Waals surface area (Å²) in [7, 11) is 0. The van der Waals surface area contributed by atoms with E-state index in [4.69, 9.17) is 4.42 Å². The van der Waals surface area contributed by atoms with Crippen LogP contribution in [0.25, 0.3) is 0 Å². The van der Waals surface area contributed by atoms with E-state index >= 15 is 0 Å². The Morgan fingerprint density at radius 2 is 2.27 bits per heavy atom. The molecule has 0 fully saturated rings. The lowest BCUT2D eigenvalue weighted by Crippen LogP contribution is -2.45. The molecule has 0 aromatic carbocycles. The lowest BCUT2D eigenvalue weighted by Gasteiger charge is -2.13. The molecule has 2 heterocycles. The molecule has 0 aliphatic heterocycles. The zero-order valence-corrected chi connectivity index (χ0v) is 13.8. The van der Waals surface area contributed by atoms with Gasteiger partial charge in [0.05, 0.1) is 11.8 Å². The molecule has 2 rings (SSSR count). The highest BCUT2D eigenvalue weighted by molar-refractivity contribution is 7.98. The Hall–Kier alpha value is -1.73. The summed E-state index contributed by atoms with van der Waals surface area (Å²) in [6, 6.07) is 5.11. The molecule has 7 heteroatoms. The van der Waals surface area contributed by atoms with E-state index in [9.17, 15) is 9.59 Å². The van der Waals surface area contributed by atoms with E-state index in [0.717, 1.165) is 11.5 Å². The summed E-state index contributed by atoms with van der Waals surface area (Å²) in [5.41, 5.74) is 0.408. The molecule has 0 radical (unpaired) electrons. The first kappa shape index (κ1) is 16.6. The van der Waals surface area contributed by atoms with Gasteiger partial charge in [-0.05, 0) is 24.4 Å². The minimum Gasteiger partial charge on any atom is -0.472 e. The van der Waals surface area contributed by atoms with Gasteiger partial charge in [-0.25, -0.2) is 0 Å². The summed E-state index contributed by atoms with van der Waals surface area (Å²) in [5, 5.41) is 7.51. The molecule has 2 amide bonds. The number of thioether (sulfide) groups is 1. The van der Waals surface area contributed by atoms with Crippen LogP contribution in [0.3, 0.4) is 0 Å². The van der Waals surface area contributed by atoms with Crippen LogP contribution in [-0.4, -0.2) is 30.2 Å². The van der Waals surface area contributed by atoms with Gasteiger partial charge in [-0.2, -0.15) is 11.8 Å². The molecule has 2 N–H and O–H groups in total. The number of amides is 2. The molecule has 2 aromatic rings. The van der Waals surface area contributed by atoms with Crippen molar-refractivity contribution < 1.29 is 14.0 Å². The van der Waals surface area contributed by atoms with Gasteiger partial charge >= 0.3 is 0 Å². The zero-order chi connectivity index (χ0) is 15.8. The number of hydrogen-bond acceptors (Lipinski definition) is 5. The zero-order valence-electron chi connectivity index (χ0n) is 12.2. The van der Waals surface area contributed by atoms with Gasteiger partial charge in [0.2, 0.25) is 5.91 Å². The largest absolute Gasteiger partial charge is 0.472 e. The lowest BCUT2D eigenvalue weighted by atomic mass is 10.2. The van der Waals surface area contributed by atoms with Gasteiger partial charge in [0.1, 0.15) is 12.3 Å². The molecule has 2 aromatic heterocycles. The molecule has 0 bridgehead atoms. The predicted molar refractivity (Wildman–Crippen MR) is 89.1 cm³/mol. The second kappa shape index (κ2) is 8.65. The van der Waals surface area contributed by atoms with Gasteiger partial charge in [0.25, 0.3) is 5.91 Å². The van der Waals surface area contributed by atoms with Gasteiger partial charge in [0, 0.05) is 22.9 Å². The molecule has 0 aliphatic carbocycles. The number of nitrogens with one attached hydrogen (secondary N) is 2. The van der Waals surface area contributed by atoms with Crippen LogP contribution < -0.4 is 10.6 Å². The summed E-state index contributed by atoms with van der Waals surface area (Å²) < 4.78 is 4.84. The molecule has 5 nitrogen and oxygen atoms in total. The summed E-state index contributed by atoms with van der Waals surface area (Å²) in [4.78, 5) is 25.0. The maximum Gasteiger partial charge on any atom is 0.255 e. The van der Waals surface area contributed by atoms with Crippen LogP contribution in [0.1, 0.15) is 22.2 Å². The van der Waals surface area contributed by atoms with E-state index in [1.165, 1.54) is 17.4 Å². The maximum atomic E-state index is 11.9. The van der Waals surface area contributed by atoms with Crippen molar-refractivity contribution in [1.29, 1.82) is 0 Å². The van der Waals surface area contributed by atoms with Gasteiger partial charge in [-0.1, -0.05) is 6.07 Å². The monoisotopic (exact) mass is 338 g/mol. The molecule has 1 atom stereocenters. The summed E-state index contributed by atoms with van der Waals surface area (Å²) in [5.74, 6) is 1.30. The smallest absolute Gasteiger partial charge is 0.255 e. The number of thiophene rings is 1. The maximum absolute atomic E-state index is 11.9. The van der Waals surface area contributed by atoms with Crippen LogP contribution in [0.4, 0.5) is 0 Å². The Labute approximate surface area is 137 Å². The van der Waals surface area contributed by atoms with Gasteiger partial charge < -0.3 is 15.1 Å². The van der Waals surface area contributed by atoms with Gasteiger partial charge in [-0.3, -0.25) is 9.59 Å². The minimum absolute atomic E-state index is 0.187. The number of rotatable bonds is 8. The first-order valence-electron chi connectivity index (χ1n) is 6.87. The predicted octanol–water partition coefficient (Wildman–Crippen LogP) is 2.51. The Morgan fingerprint density at radius 3 is 2.95 bits per heavy atom. The standard InChI is InChI=1S/C15H18N2O3S2/c1-11(17-15(19)12-4-6-20-9-12)14(18)16-5-8-21-10-13-3-2-7-22-13/h2-4,6-7,9,11H,5,8,10H2,1H3,(H,16,18)(H,17,19)/t11-/m0/s1. The third kappa shape index (κ3) is 5.23. The SMILES string of the molecule is C[C@H](NC(=O)c1ccoc1)C(=O)NCCSCc1cccs1. The first-order chi connectivity index (χ1) is 10.7. The average molecular weight is 338 g/mol. The second-order valence-corrected chi connectivity index (χ2v) is 6.77. The van der Waals surface area contributed by atoms with Crippen LogP contribution >= 0.6 is 23.1 Å². The molecule has 118 valence electrons. The quantitative estimate of drug-likeness (QED) is 0.726. The fourth-order valence-electron chi connectivity index (χ4n) is 1.71. The molecule has 22 heavy (non-hydrogen) atoms. The molecular formula is C15H18N2O3S2. The highest BCUT2D eigenvalue weighted by Crippen LogP contribution is 2.16. The van der Waals surface area contributed by atoms with Gasteiger partial charge in [0.15, 0.2) is 0 Å². The van der Waals surface area contributed by atoms with E-state index < -0.39 is 6.04 Å². The fourth-order valence-corrected chi connectivity index (χ4v) is 3.41. The normalized spacial score (nSPS) is 11.9.